The van der Waals surface area contributed by atoms with Crippen LogP contribution in [0, 0.1) is 11.8 Å². The molecule has 2 aliphatic rings. The Morgan fingerprint density at radius 3 is 2.12 bits per heavy atom. The van der Waals surface area contributed by atoms with Crippen LogP contribution in [0.2, 0.25) is 0 Å². The Hall–Kier alpha value is 0.270. The van der Waals surface area contributed by atoms with Crippen molar-refractivity contribution in [1.29, 1.82) is 0 Å². The lowest BCUT2D eigenvalue weighted by molar-refractivity contribution is 0.314. The first-order valence-corrected chi connectivity index (χ1v) is 8.08. The Morgan fingerprint density at radius 2 is 1.56 bits per heavy atom. The summed E-state index contributed by atoms with van der Waals surface area (Å²) in [5.41, 5.74) is 3.07. The van der Waals surface area contributed by atoms with Crippen LogP contribution in [0.5, 0.6) is 0 Å². The number of rotatable bonds is 5. The van der Waals surface area contributed by atoms with Gasteiger partial charge in [0.1, 0.15) is 0 Å². The van der Waals surface area contributed by atoms with E-state index in [4.69, 9.17) is 5.84 Å². The third-order valence-corrected chi connectivity index (χ3v) is 5.34. The topological polar surface area (TPSA) is 38.0 Å². The van der Waals surface area contributed by atoms with E-state index in [2.05, 4.69) is 17.2 Å². The van der Waals surface area contributed by atoms with Gasteiger partial charge in [0.05, 0.1) is 0 Å². The fraction of sp³-hybridized carbons (Fsp3) is 1.00. The number of hydrazine groups is 1. The van der Waals surface area contributed by atoms with E-state index in [0.29, 0.717) is 6.04 Å². The molecular weight excluding hydrogens is 216 g/mol. The maximum absolute atomic E-state index is 5.71. The molecule has 1 aliphatic heterocycles. The molecule has 0 bridgehead atoms. The van der Waals surface area contributed by atoms with Gasteiger partial charge in [0.15, 0.2) is 0 Å². The SMILES string of the molecule is NNC(CC1CCCC1)CC1CCSCC1. The van der Waals surface area contributed by atoms with E-state index >= 15 is 0 Å². The molecule has 0 spiro atoms. The van der Waals surface area contributed by atoms with Crippen molar-refractivity contribution in [2.45, 2.75) is 57.4 Å². The molecule has 1 saturated carbocycles. The zero-order valence-corrected chi connectivity index (χ0v) is 11.1. The molecule has 0 radical (unpaired) electrons. The van der Waals surface area contributed by atoms with Gasteiger partial charge >= 0.3 is 0 Å². The van der Waals surface area contributed by atoms with Gasteiger partial charge in [-0.3, -0.25) is 11.3 Å². The number of thioether (sulfide) groups is 1. The summed E-state index contributed by atoms with van der Waals surface area (Å²) in [4.78, 5) is 0. The van der Waals surface area contributed by atoms with Crippen molar-refractivity contribution >= 4 is 11.8 Å². The molecule has 0 amide bonds. The van der Waals surface area contributed by atoms with Crippen molar-refractivity contribution in [3.63, 3.8) is 0 Å². The van der Waals surface area contributed by atoms with E-state index in [9.17, 15) is 0 Å². The van der Waals surface area contributed by atoms with E-state index in [-0.39, 0.29) is 0 Å². The Morgan fingerprint density at radius 1 is 1.00 bits per heavy atom. The maximum atomic E-state index is 5.71. The first kappa shape index (κ1) is 12.7. The second kappa shape index (κ2) is 6.87. The number of nitrogens with two attached hydrogens (primary N) is 1. The van der Waals surface area contributed by atoms with E-state index in [1.165, 1.54) is 62.9 Å². The standard InChI is InChI=1S/C13H26N2S/c14-15-13(9-11-3-1-2-4-11)10-12-5-7-16-8-6-12/h11-13,15H,1-10,14H2. The molecule has 1 atom stereocenters. The summed E-state index contributed by atoms with van der Waals surface area (Å²) >= 11 is 2.11. The molecule has 2 nitrogen and oxygen atoms in total. The molecule has 0 aromatic carbocycles. The zero-order valence-electron chi connectivity index (χ0n) is 10.3. The molecule has 1 saturated heterocycles. The summed E-state index contributed by atoms with van der Waals surface area (Å²) in [5.74, 6) is 10.3. The average molecular weight is 242 g/mol. The van der Waals surface area contributed by atoms with E-state index in [1.54, 1.807) is 0 Å². The highest BCUT2D eigenvalue weighted by Crippen LogP contribution is 2.32. The zero-order chi connectivity index (χ0) is 11.2. The molecular formula is C13H26N2S. The molecule has 0 aromatic rings. The minimum atomic E-state index is 0.580. The van der Waals surface area contributed by atoms with Gasteiger partial charge in [0.2, 0.25) is 0 Å². The summed E-state index contributed by atoms with van der Waals surface area (Å²) in [7, 11) is 0. The van der Waals surface area contributed by atoms with Gasteiger partial charge in [-0.2, -0.15) is 11.8 Å². The van der Waals surface area contributed by atoms with E-state index in [0.717, 1.165) is 11.8 Å². The lowest BCUT2D eigenvalue weighted by Crippen LogP contribution is -2.38. The molecule has 2 rings (SSSR count). The third-order valence-electron chi connectivity index (χ3n) is 4.29. The summed E-state index contributed by atoms with van der Waals surface area (Å²) in [6, 6.07) is 0.580. The Labute approximate surface area is 104 Å². The Kier molecular flexibility index (Phi) is 5.46. The largest absolute Gasteiger partial charge is 0.271 e. The molecule has 3 heteroatoms. The molecule has 1 aliphatic carbocycles. The number of hydrogen-bond donors (Lipinski definition) is 2. The van der Waals surface area contributed by atoms with Crippen LogP contribution in [-0.2, 0) is 0 Å². The van der Waals surface area contributed by atoms with Gasteiger partial charge < -0.3 is 0 Å². The monoisotopic (exact) mass is 242 g/mol. The predicted molar refractivity (Wildman–Crippen MR) is 72.4 cm³/mol. The summed E-state index contributed by atoms with van der Waals surface area (Å²) in [6.07, 6.45) is 11.2. The van der Waals surface area contributed by atoms with Crippen LogP contribution in [0.15, 0.2) is 0 Å². The second-order valence-corrected chi connectivity index (χ2v) is 6.77. The summed E-state index contributed by atoms with van der Waals surface area (Å²) in [5, 5.41) is 0. The van der Waals surface area contributed by atoms with Crippen molar-refractivity contribution < 1.29 is 0 Å². The van der Waals surface area contributed by atoms with Crippen molar-refractivity contribution in [2.24, 2.45) is 17.7 Å². The highest BCUT2D eigenvalue weighted by Gasteiger charge is 2.23. The summed E-state index contributed by atoms with van der Waals surface area (Å²) in [6.45, 7) is 0. The van der Waals surface area contributed by atoms with Gasteiger partial charge in [-0.25, -0.2) is 0 Å². The Balaban J connectivity index is 1.70. The third kappa shape index (κ3) is 3.94. The lowest BCUT2D eigenvalue weighted by Gasteiger charge is -2.27. The normalized spacial score (nSPS) is 26.1. The highest BCUT2D eigenvalue weighted by molar-refractivity contribution is 7.99. The van der Waals surface area contributed by atoms with Crippen molar-refractivity contribution in [1.82, 2.24) is 5.43 Å². The van der Waals surface area contributed by atoms with Crippen molar-refractivity contribution in [3.8, 4) is 0 Å². The highest BCUT2D eigenvalue weighted by atomic mass is 32.2. The quantitative estimate of drug-likeness (QED) is 0.575. The lowest BCUT2D eigenvalue weighted by atomic mass is 9.89. The first-order chi connectivity index (χ1) is 7.88. The minimum Gasteiger partial charge on any atom is -0.271 e. The first-order valence-electron chi connectivity index (χ1n) is 6.92. The smallest absolute Gasteiger partial charge is 0.0215 e. The molecule has 16 heavy (non-hydrogen) atoms. The molecule has 1 unspecified atom stereocenters. The average Bonchev–Trinajstić information content (AvgIpc) is 2.82. The predicted octanol–water partition coefficient (Wildman–Crippen LogP) is 2.93. The van der Waals surface area contributed by atoms with Crippen LogP contribution in [0.4, 0.5) is 0 Å². The van der Waals surface area contributed by atoms with Crippen LogP contribution in [0.1, 0.15) is 51.4 Å². The van der Waals surface area contributed by atoms with Gasteiger partial charge in [-0.15, -0.1) is 0 Å². The molecule has 1 heterocycles. The van der Waals surface area contributed by atoms with Crippen molar-refractivity contribution in [2.75, 3.05) is 11.5 Å². The van der Waals surface area contributed by atoms with Gasteiger partial charge in [0.25, 0.3) is 0 Å². The van der Waals surface area contributed by atoms with Gasteiger partial charge in [-0.1, -0.05) is 25.7 Å². The van der Waals surface area contributed by atoms with Crippen molar-refractivity contribution in [3.05, 3.63) is 0 Å². The molecule has 0 aromatic heterocycles. The van der Waals surface area contributed by atoms with Crippen LogP contribution in [0.25, 0.3) is 0 Å². The minimum absolute atomic E-state index is 0.580. The second-order valence-electron chi connectivity index (χ2n) is 5.54. The molecule has 2 fully saturated rings. The van der Waals surface area contributed by atoms with Crippen LogP contribution in [-0.4, -0.2) is 17.5 Å². The number of hydrogen-bond acceptors (Lipinski definition) is 3. The maximum Gasteiger partial charge on any atom is 0.0215 e. The molecule has 3 N–H and O–H groups in total. The van der Waals surface area contributed by atoms with Gasteiger partial charge in [0, 0.05) is 6.04 Å². The molecule has 94 valence electrons. The fourth-order valence-corrected chi connectivity index (χ4v) is 4.47. The fourth-order valence-electron chi connectivity index (χ4n) is 3.27. The van der Waals surface area contributed by atoms with Gasteiger partial charge in [-0.05, 0) is 49.0 Å². The van der Waals surface area contributed by atoms with Crippen LogP contribution in [0.3, 0.4) is 0 Å². The summed E-state index contributed by atoms with van der Waals surface area (Å²) < 4.78 is 0. The van der Waals surface area contributed by atoms with Crippen LogP contribution < -0.4 is 11.3 Å². The van der Waals surface area contributed by atoms with E-state index < -0.39 is 0 Å². The van der Waals surface area contributed by atoms with E-state index in [1.807, 2.05) is 0 Å². The Bertz CT molecular complexity index is 186. The van der Waals surface area contributed by atoms with Crippen LogP contribution >= 0.6 is 11.8 Å². The number of nitrogens with one attached hydrogen (secondary N) is 1.